The van der Waals surface area contributed by atoms with Crippen LogP contribution < -0.4 is 5.32 Å². The van der Waals surface area contributed by atoms with E-state index in [1.807, 2.05) is 32.0 Å². The number of rotatable bonds is 7. The van der Waals surface area contributed by atoms with Gasteiger partial charge in [0.05, 0.1) is 20.2 Å². The Balaban J connectivity index is 2.28. The molecule has 1 saturated heterocycles. The summed E-state index contributed by atoms with van der Waals surface area (Å²) in [5, 5.41) is 3.16. The smallest absolute Gasteiger partial charge is 0.361 e. The lowest BCUT2D eigenvalue weighted by atomic mass is 9.95. The first kappa shape index (κ1) is 20.4. The third-order valence-electron chi connectivity index (χ3n) is 5.65. The fourth-order valence-electron chi connectivity index (χ4n) is 4.12. The van der Waals surface area contributed by atoms with Crippen molar-refractivity contribution in [3.05, 3.63) is 29.3 Å². The standard InChI is InChI=1S/C21H32N2O3/c1-5-6-13-23(15-19(24)26-4)14-8-7-12-18(23)21(25)22-20-16(2)10-9-11-17(20)3/h9-11,18H,5-8,12-15H2,1-4H3/p+1/t18-,23-/m0/s1. The number of hydrogen-bond donors (Lipinski definition) is 1. The van der Waals surface area contributed by atoms with E-state index in [1.165, 1.54) is 7.11 Å². The number of amides is 1. The molecule has 0 spiro atoms. The molecule has 1 heterocycles. The molecule has 26 heavy (non-hydrogen) atoms. The van der Waals surface area contributed by atoms with Crippen LogP contribution in [0.3, 0.4) is 0 Å². The SMILES string of the molecule is CCCC[N@@+]1(CC(=O)OC)CCCC[C@H]1C(=O)Nc1c(C)cccc1C. The zero-order chi connectivity index (χ0) is 19.2. The molecule has 5 nitrogen and oxygen atoms in total. The highest BCUT2D eigenvalue weighted by molar-refractivity contribution is 5.95. The highest BCUT2D eigenvalue weighted by Crippen LogP contribution is 2.29. The van der Waals surface area contributed by atoms with Gasteiger partial charge in [0.2, 0.25) is 0 Å². The lowest BCUT2D eigenvalue weighted by Gasteiger charge is -2.46. The number of piperidine rings is 1. The molecule has 0 unspecified atom stereocenters. The third-order valence-corrected chi connectivity index (χ3v) is 5.65. The van der Waals surface area contributed by atoms with E-state index >= 15 is 0 Å². The number of aryl methyl sites for hydroxylation is 2. The molecule has 1 aliphatic heterocycles. The number of benzene rings is 1. The van der Waals surface area contributed by atoms with Gasteiger partial charge in [0, 0.05) is 12.1 Å². The largest absolute Gasteiger partial charge is 0.465 e. The van der Waals surface area contributed by atoms with E-state index in [9.17, 15) is 9.59 Å². The van der Waals surface area contributed by atoms with Crippen LogP contribution in [0.4, 0.5) is 5.69 Å². The minimum atomic E-state index is -0.229. The van der Waals surface area contributed by atoms with Crippen LogP contribution in [-0.2, 0) is 14.3 Å². The summed E-state index contributed by atoms with van der Waals surface area (Å²) in [7, 11) is 1.42. The summed E-state index contributed by atoms with van der Waals surface area (Å²) >= 11 is 0. The Bertz CT molecular complexity index is 624. The fraction of sp³-hybridized carbons (Fsp3) is 0.619. The highest BCUT2D eigenvalue weighted by Gasteiger charge is 2.45. The maximum absolute atomic E-state index is 13.2. The van der Waals surface area contributed by atoms with E-state index in [0.717, 1.165) is 62.0 Å². The van der Waals surface area contributed by atoms with Crippen LogP contribution in [0.15, 0.2) is 18.2 Å². The molecule has 1 N–H and O–H groups in total. The van der Waals surface area contributed by atoms with Gasteiger partial charge in [0.1, 0.15) is 0 Å². The normalized spacial score (nSPS) is 22.7. The maximum Gasteiger partial charge on any atom is 0.361 e. The molecular formula is C21H33N2O3+. The highest BCUT2D eigenvalue weighted by atomic mass is 16.5. The number of carbonyl (C=O) groups excluding carboxylic acids is 2. The number of ether oxygens (including phenoxy) is 1. The van der Waals surface area contributed by atoms with Crippen LogP contribution in [0.2, 0.25) is 0 Å². The summed E-state index contributed by atoms with van der Waals surface area (Å²) in [5.41, 5.74) is 3.03. The molecule has 1 aromatic carbocycles. The Morgan fingerprint density at radius 2 is 1.92 bits per heavy atom. The van der Waals surface area contributed by atoms with Crippen molar-refractivity contribution in [2.45, 2.75) is 58.9 Å². The van der Waals surface area contributed by atoms with Gasteiger partial charge in [-0.1, -0.05) is 31.5 Å². The monoisotopic (exact) mass is 361 g/mol. The van der Waals surface area contributed by atoms with Gasteiger partial charge in [0.25, 0.3) is 5.91 Å². The van der Waals surface area contributed by atoms with Crippen molar-refractivity contribution in [2.24, 2.45) is 0 Å². The zero-order valence-electron chi connectivity index (χ0n) is 16.6. The second kappa shape index (κ2) is 9.17. The first-order valence-corrected chi connectivity index (χ1v) is 9.73. The quantitative estimate of drug-likeness (QED) is 0.596. The van der Waals surface area contributed by atoms with Crippen molar-refractivity contribution in [1.29, 1.82) is 0 Å². The number of para-hydroxylation sites is 1. The van der Waals surface area contributed by atoms with Crippen molar-refractivity contribution in [1.82, 2.24) is 0 Å². The molecule has 0 radical (unpaired) electrons. The minimum Gasteiger partial charge on any atom is -0.465 e. The Kier molecular flexibility index (Phi) is 7.21. The summed E-state index contributed by atoms with van der Waals surface area (Å²) in [5.74, 6) is -0.199. The van der Waals surface area contributed by atoms with Crippen molar-refractivity contribution in [2.75, 3.05) is 32.1 Å². The molecule has 2 atom stereocenters. The number of carbonyl (C=O) groups is 2. The molecule has 5 heteroatoms. The molecular weight excluding hydrogens is 328 g/mol. The minimum absolute atomic E-state index is 0.0297. The number of unbranched alkanes of at least 4 members (excludes halogenated alkanes) is 1. The Labute approximate surface area is 157 Å². The molecule has 1 aliphatic rings. The van der Waals surface area contributed by atoms with Crippen molar-refractivity contribution >= 4 is 17.6 Å². The summed E-state index contributed by atoms with van der Waals surface area (Å²) in [4.78, 5) is 25.4. The van der Waals surface area contributed by atoms with Gasteiger partial charge in [-0.15, -0.1) is 0 Å². The van der Waals surface area contributed by atoms with Crippen LogP contribution in [0.5, 0.6) is 0 Å². The van der Waals surface area contributed by atoms with Crippen LogP contribution in [0.1, 0.15) is 50.2 Å². The lowest BCUT2D eigenvalue weighted by Crippen LogP contribution is -2.64. The molecule has 1 fully saturated rings. The van der Waals surface area contributed by atoms with E-state index in [2.05, 4.69) is 12.2 Å². The van der Waals surface area contributed by atoms with Gasteiger partial charge >= 0.3 is 5.97 Å². The van der Waals surface area contributed by atoms with Gasteiger partial charge in [-0.05, 0) is 44.2 Å². The van der Waals surface area contributed by atoms with E-state index in [-0.39, 0.29) is 24.5 Å². The third kappa shape index (κ3) is 4.64. The van der Waals surface area contributed by atoms with Crippen LogP contribution in [0.25, 0.3) is 0 Å². The molecule has 0 saturated carbocycles. The molecule has 0 aliphatic carbocycles. The lowest BCUT2D eigenvalue weighted by molar-refractivity contribution is -0.940. The van der Waals surface area contributed by atoms with Gasteiger partial charge in [-0.25, -0.2) is 4.79 Å². The number of likely N-dealkylation sites (tertiary alicyclic amines) is 1. The Morgan fingerprint density at radius 3 is 2.54 bits per heavy atom. The molecule has 0 bridgehead atoms. The van der Waals surface area contributed by atoms with Gasteiger partial charge < -0.3 is 14.5 Å². The summed E-state index contributed by atoms with van der Waals surface area (Å²) < 4.78 is 5.48. The number of hydrogen-bond acceptors (Lipinski definition) is 3. The summed E-state index contributed by atoms with van der Waals surface area (Å²) in [6.45, 7) is 8.15. The van der Waals surface area contributed by atoms with Crippen molar-refractivity contribution < 1.29 is 18.8 Å². The molecule has 0 aromatic heterocycles. The Morgan fingerprint density at radius 1 is 1.23 bits per heavy atom. The second-order valence-electron chi connectivity index (χ2n) is 7.52. The molecule has 2 rings (SSSR count). The van der Waals surface area contributed by atoms with Crippen LogP contribution >= 0.6 is 0 Å². The summed E-state index contributed by atoms with van der Waals surface area (Å²) in [6.07, 6.45) is 4.94. The van der Waals surface area contributed by atoms with Gasteiger partial charge in [-0.2, -0.15) is 0 Å². The van der Waals surface area contributed by atoms with Crippen molar-refractivity contribution in [3.63, 3.8) is 0 Å². The number of esters is 1. The van der Waals surface area contributed by atoms with E-state index in [1.54, 1.807) is 0 Å². The van der Waals surface area contributed by atoms with Crippen molar-refractivity contribution in [3.8, 4) is 0 Å². The average molecular weight is 362 g/mol. The number of nitrogens with zero attached hydrogens (tertiary/aromatic N) is 1. The first-order chi connectivity index (χ1) is 12.4. The predicted octanol–water partition coefficient (Wildman–Crippen LogP) is 3.58. The van der Waals surface area contributed by atoms with E-state index in [0.29, 0.717) is 4.48 Å². The molecule has 1 amide bonds. The van der Waals surface area contributed by atoms with E-state index in [4.69, 9.17) is 4.74 Å². The number of quaternary nitrogens is 1. The van der Waals surface area contributed by atoms with E-state index < -0.39 is 0 Å². The number of anilines is 1. The number of methoxy groups -OCH3 is 1. The molecule has 1 aromatic rings. The average Bonchev–Trinajstić information content (AvgIpc) is 2.63. The topological polar surface area (TPSA) is 55.4 Å². The second-order valence-corrected chi connectivity index (χ2v) is 7.52. The molecule has 144 valence electrons. The van der Waals surface area contributed by atoms with Gasteiger partial charge in [0.15, 0.2) is 12.6 Å². The summed E-state index contributed by atoms with van der Waals surface area (Å²) in [6, 6.07) is 5.82. The zero-order valence-corrected chi connectivity index (χ0v) is 16.6. The van der Waals surface area contributed by atoms with Crippen LogP contribution in [0, 0.1) is 13.8 Å². The fourth-order valence-corrected chi connectivity index (χ4v) is 4.12. The first-order valence-electron chi connectivity index (χ1n) is 9.73. The van der Waals surface area contributed by atoms with Crippen LogP contribution in [-0.4, -0.2) is 49.1 Å². The predicted molar refractivity (Wildman–Crippen MR) is 104 cm³/mol. The van der Waals surface area contributed by atoms with Gasteiger partial charge in [-0.3, -0.25) is 4.79 Å². The number of nitrogens with one attached hydrogen (secondary N) is 1. The Hall–Kier alpha value is -1.88. The maximum atomic E-state index is 13.2.